The van der Waals surface area contributed by atoms with Crippen LogP contribution in [-0.4, -0.2) is 8.42 Å². The van der Waals surface area contributed by atoms with Crippen LogP contribution in [0.15, 0.2) is 45.8 Å². The molecule has 0 unspecified atom stereocenters. The van der Waals surface area contributed by atoms with Crippen molar-refractivity contribution in [1.29, 1.82) is 0 Å². The third-order valence-corrected chi connectivity index (χ3v) is 4.43. The Morgan fingerprint density at radius 1 is 1.05 bits per heavy atom. The number of hydrogen-bond donors (Lipinski definition) is 2. The largest absolute Gasteiger partial charge is 0.399 e. The van der Waals surface area contributed by atoms with Crippen LogP contribution in [0, 0.1) is 11.6 Å². The van der Waals surface area contributed by atoms with Gasteiger partial charge < -0.3 is 5.73 Å². The number of nitrogen functional groups attached to an aromatic ring is 1. The summed E-state index contributed by atoms with van der Waals surface area (Å²) in [6.07, 6.45) is 0. The second-order valence-electron chi connectivity index (χ2n) is 3.92. The zero-order chi connectivity index (χ0) is 14.9. The first-order chi connectivity index (χ1) is 9.29. The Morgan fingerprint density at radius 3 is 2.25 bits per heavy atom. The number of nitrogens with one attached hydrogen (secondary N) is 1. The van der Waals surface area contributed by atoms with Gasteiger partial charge in [0.05, 0.1) is 15.1 Å². The molecule has 0 radical (unpaired) electrons. The monoisotopic (exact) mass is 362 g/mol. The normalized spacial score (nSPS) is 11.3. The molecule has 8 heteroatoms. The zero-order valence-corrected chi connectivity index (χ0v) is 12.3. The molecule has 2 rings (SSSR count). The minimum atomic E-state index is -3.97. The van der Waals surface area contributed by atoms with Gasteiger partial charge in [-0.3, -0.25) is 4.72 Å². The van der Waals surface area contributed by atoms with Gasteiger partial charge in [0.15, 0.2) is 0 Å². The standard InChI is InChI=1S/C12H9BrF2N2O2S/c13-9-5-12(11(15)6-10(9)14)17-20(18,19)8-3-1-7(16)2-4-8/h1-6,17H,16H2. The molecule has 0 aromatic heterocycles. The highest BCUT2D eigenvalue weighted by molar-refractivity contribution is 9.10. The molecule has 106 valence electrons. The first kappa shape index (κ1) is 14.7. The molecule has 0 saturated carbocycles. The first-order valence-electron chi connectivity index (χ1n) is 5.32. The Labute approximate surface area is 122 Å². The van der Waals surface area contributed by atoms with Crippen LogP contribution >= 0.6 is 15.9 Å². The summed E-state index contributed by atoms with van der Waals surface area (Å²) in [5, 5.41) is 0. The van der Waals surface area contributed by atoms with Crippen LogP contribution in [0.4, 0.5) is 20.2 Å². The van der Waals surface area contributed by atoms with E-state index in [4.69, 9.17) is 5.73 Å². The lowest BCUT2D eigenvalue weighted by atomic mass is 10.3. The molecule has 0 saturated heterocycles. The van der Waals surface area contributed by atoms with E-state index in [0.717, 1.165) is 6.07 Å². The Bertz CT molecular complexity index is 749. The molecule has 0 aliphatic rings. The van der Waals surface area contributed by atoms with Crippen molar-refractivity contribution in [3.8, 4) is 0 Å². The van der Waals surface area contributed by atoms with Crippen molar-refractivity contribution in [3.63, 3.8) is 0 Å². The van der Waals surface area contributed by atoms with Crippen LogP contribution in [0.2, 0.25) is 0 Å². The summed E-state index contributed by atoms with van der Waals surface area (Å²) < 4.78 is 52.7. The highest BCUT2D eigenvalue weighted by Crippen LogP contribution is 2.26. The predicted molar refractivity (Wildman–Crippen MR) is 75.7 cm³/mol. The zero-order valence-electron chi connectivity index (χ0n) is 9.90. The highest BCUT2D eigenvalue weighted by Gasteiger charge is 2.17. The van der Waals surface area contributed by atoms with Crippen LogP contribution in [0.5, 0.6) is 0 Å². The Balaban J connectivity index is 2.38. The van der Waals surface area contributed by atoms with Crippen LogP contribution < -0.4 is 10.5 Å². The lowest BCUT2D eigenvalue weighted by Gasteiger charge is -2.10. The summed E-state index contributed by atoms with van der Waals surface area (Å²) in [7, 11) is -3.97. The van der Waals surface area contributed by atoms with Crippen molar-refractivity contribution < 1.29 is 17.2 Å². The van der Waals surface area contributed by atoms with Gasteiger partial charge in [-0.1, -0.05) is 0 Å². The summed E-state index contributed by atoms with van der Waals surface area (Å²) in [5.74, 6) is -1.83. The molecule has 0 aliphatic heterocycles. The van der Waals surface area contributed by atoms with Gasteiger partial charge in [-0.2, -0.15) is 0 Å². The van der Waals surface area contributed by atoms with Gasteiger partial charge in [0.25, 0.3) is 10.0 Å². The molecule has 0 bridgehead atoms. The topological polar surface area (TPSA) is 72.2 Å². The van der Waals surface area contributed by atoms with E-state index in [1.807, 2.05) is 0 Å². The predicted octanol–water partition coefficient (Wildman–Crippen LogP) is 3.11. The molecule has 2 aromatic rings. The van der Waals surface area contributed by atoms with Crippen molar-refractivity contribution in [2.75, 3.05) is 10.5 Å². The van der Waals surface area contributed by atoms with E-state index >= 15 is 0 Å². The molecule has 0 aliphatic carbocycles. The molecule has 0 spiro atoms. The summed E-state index contributed by atoms with van der Waals surface area (Å²) in [6, 6.07) is 6.99. The lowest BCUT2D eigenvalue weighted by molar-refractivity contribution is 0.579. The molecule has 4 nitrogen and oxygen atoms in total. The van der Waals surface area contributed by atoms with Crippen molar-refractivity contribution >= 4 is 37.3 Å². The smallest absolute Gasteiger partial charge is 0.261 e. The van der Waals surface area contributed by atoms with E-state index in [1.165, 1.54) is 24.3 Å². The fourth-order valence-electron chi connectivity index (χ4n) is 1.45. The molecule has 20 heavy (non-hydrogen) atoms. The third-order valence-electron chi connectivity index (χ3n) is 2.44. The molecule has 2 aromatic carbocycles. The minimum absolute atomic E-state index is 0.0473. The number of benzene rings is 2. The molecule has 0 heterocycles. The molecule has 3 N–H and O–H groups in total. The van der Waals surface area contributed by atoms with E-state index in [0.29, 0.717) is 11.8 Å². The molecular weight excluding hydrogens is 354 g/mol. The average molecular weight is 363 g/mol. The van der Waals surface area contributed by atoms with Gasteiger partial charge in [0, 0.05) is 11.8 Å². The van der Waals surface area contributed by atoms with Gasteiger partial charge >= 0.3 is 0 Å². The van der Waals surface area contributed by atoms with Gasteiger partial charge in [0.2, 0.25) is 0 Å². The average Bonchev–Trinajstić information content (AvgIpc) is 2.36. The Hall–Kier alpha value is -1.67. The molecule has 0 fully saturated rings. The van der Waals surface area contributed by atoms with Gasteiger partial charge in [-0.25, -0.2) is 17.2 Å². The first-order valence-corrected chi connectivity index (χ1v) is 7.60. The highest BCUT2D eigenvalue weighted by atomic mass is 79.9. The maximum absolute atomic E-state index is 13.5. The summed E-state index contributed by atoms with van der Waals surface area (Å²) in [4.78, 5) is -0.0773. The number of halogens is 3. The molecular formula is C12H9BrF2N2O2S. The number of hydrogen-bond acceptors (Lipinski definition) is 3. The fraction of sp³-hybridized carbons (Fsp3) is 0. The number of anilines is 2. The van der Waals surface area contributed by atoms with Crippen molar-refractivity contribution in [2.45, 2.75) is 4.90 Å². The molecule has 0 atom stereocenters. The summed E-state index contributed by atoms with van der Waals surface area (Å²) in [5.41, 5.74) is 5.51. The van der Waals surface area contributed by atoms with Gasteiger partial charge in [-0.05, 0) is 46.3 Å². The molecule has 0 amide bonds. The van der Waals surface area contributed by atoms with Crippen molar-refractivity contribution in [3.05, 3.63) is 52.5 Å². The van der Waals surface area contributed by atoms with Crippen LogP contribution in [0.25, 0.3) is 0 Å². The number of rotatable bonds is 3. The van der Waals surface area contributed by atoms with E-state index in [-0.39, 0.29) is 15.1 Å². The maximum Gasteiger partial charge on any atom is 0.261 e. The second kappa shape index (κ2) is 5.37. The summed E-state index contributed by atoms with van der Waals surface area (Å²) in [6.45, 7) is 0. The van der Waals surface area contributed by atoms with E-state index in [2.05, 4.69) is 20.7 Å². The van der Waals surface area contributed by atoms with E-state index in [9.17, 15) is 17.2 Å². The Morgan fingerprint density at radius 2 is 1.65 bits per heavy atom. The van der Waals surface area contributed by atoms with Crippen LogP contribution in [0.1, 0.15) is 0 Å². The minimum Gasteiger partial charge on any atom is -0.399 e. The van der Waals surface area contributed by atoms with Gasteiger partial charge in [0.1, 0.15) is 11.6 Å². The Kier molecular flexibility index (Phi) is 3.96. The maximum atomic E-state index is 13.5. The second-order valence-corrected chi connectivity index (χ2v) is 6.46. The van der Waals surface area contributed by atoms with Crippen LogP contribution in [-0.2, 0) is 10.0 Å². The van der Waals surface area contributed by atoms with Gasteiger partial charge in [-0.15, -0.1) is 0 Å². The van der Waals surface area contributed by atoms with Crippen molar-refractivity contribution in [1.82, 2.24) is 0 Å². The quantitative estimate of drug-likeness (QED) is 0.650. The number of nitrogens with two attached hydrogens (primary N) is 1. The number of sulfonamides is 1. The van der Waals surface area contributed by atoms with Crippen molar-refractivity contribution in [2.24, 2.45) is 0 Å². The van der Waals surface area contributed by atoms with E-state index in [1.54, 1.807) is 0 Å². The third kappa shape index (κ3) is 3.07. The lowest BCUT2D eigenvalue weighted by Crippen LogP contribution is -2.14. The van der Waals surface area contributed by atoms with E-state index < -0.39 is 21.7 Å². The SMILES string of the molecule is Nc1ccc(S(=O)(=O)Nc2cc(Br)c(F)cc2F)cc1. The van der Waals surface area contributed by atoms with Crippen LogP contribution in [0.3, 0.4) is 0 Å². The summed E-state index contributed by atoms with van der Waals surface area (Å²) >= 11 is 2.86. The fourth-order valence-corrected chi connectivity index (χ4v) is 2.85.